The van der Waals surface area contributed by atoms with Crippen molar-refractivity contribution < 1.29 is 0 Å². The van der Waals surface area contributed by atoms with Crippen molar-refractivity contribution in [3.63, 3.8) is 0 Å². The molecule has 1 aliphatic rings. The van der Waals surface area contributed by atoms with Gasteiger partial charge in [-0.2, -0.15) is 0 Å². The van der Waals surface area contributed by atoms with E-state index in [1.54, 1.807) is 6.34 Å². The fraction of sp³-hybridized carbons (Fsp3) is 0.714. The van der Waals surface area contributed by atoms with Gasteiger partial charge in [-0.05, 0) is 14.0 Å². The predicted molar refractivity (Wildman–Crippen MR) is 43.6 cm³/mol. The Kier molecular flexibility index (Phi) is 2.17. The molecule has 0 amide bonds. The zero-order valence-electron chi connectivity index (χ0n) is 6.63. The summed E-state index contributed by atoms with van der Waals surface area (Å²) in [7, 11) is 1.91. The first-order chi connectivity index (χ1) is 4.75. The van der Waals surface area contributed by atoms with Crippen molar-refractivity contribution >= 4 is 12.1 Å². The van der Waals surface area contributed by atoms with E-state index in [-0.39, 0.29) is 6.17 Å². The highest BCUT2D eigenvalue weighted by molar-refractivity contribution is 5.92. The lowest BCUT2D eigenvalue weighted by Crippen LogP contribution is -2.35. The van der Waals surface area contributed by atoms with E-state index in [4.69, 9.17) is 0 Å². The Morgan fingerprint density at radius 3 is 2.80 bits per heavy atom. The summed E-state index contributed by atoms with van der Waals surface area (Å²) in [6.45, 7) is 4.15. The first kappa shape index (κ1) is 7.41. The highest BCUT2D eigenvalue weighted by Gasteiger charge is 2.18. The van der Waals surface area contributed by atoms with Gasteiger partial charge in [0.2, 0.25) is 0 Å². The third kappa shape index (κ3) is 1.24. The number of hydrogen-bond acceptors (Lipinski definition) is 3. The molecule has 1 aliphatic heterocycles. The van der Waals surface area contributed by atoms with E-state index < -0.39 is 0 Å². The van der Waals surface area contributed by atoms with Gasteiger partial charge < -0.3 is 0 Å². The van der Waals surface area contributed by atoms with Gasteiger partial charge in [0.1, 0.15) is 12.5 Å². The van der Waals surface area contributed by atoms with Crippen molar-refractivity contribution in [2.24, 2.45) is 15.9 Å². The van der Waals surface area contributed by atoms with Gasteiger partial charge in [0, 0.05) is 11.6 Å². The molecule has 0 saturated carbocycles. The molecule has 3 heteroatoms. The molecular formula is C7H13N3. The monoisotopic (exact) mass is 139 g/mol. The second-order valence-electron chi connectivity index (χ2n) is 2.56. The van der Waals surface area contributed by atoms with Gasteiger partial charge in [-0.1, -0.05) is 6.92 Å². The summed E-state index contributed by atoms with van der Waals surface area (Å²) >= 11 is 0. The molecular weight excluding hydrogens is 126 g/mol. The number of nitrogens with zero attached hydrogens (tertiary/aromatic N) is 2. The molecule has 0 aromatic carbocycles. The van der Waals surface area contributed by atoms with Gasteiger partial charge >= 0.3 is 0 Å². The van der Waals surface area contributed by atoms with Crippen molar-refractivity contribution in [1.29, 1.82) is 0 Å². The maximum atomic E-state index is 4.16. The fourth-order valence-corrected chi connectivity index (χ4v) is 0.996. The largest absolute Gasteiger partial charge is 0.298 e. The summed E-state index contributed by atoms with van der Waals surface area (Å²) in [5.74, 6) is 0.426. The van der Waals surface area contributed by atoms with Crippen molar-refractivity contribution in [2.75, 3.05) is 7.05 Å². The second kappa shape index (κ2) is 2.92. The van der Waals surface area contributed by atoms with Crippen molar-refractivity contribution in [1.82, 2.24) is 5.32 Å². The van der Waals surface area contributed by atoms with Crippen LogP contribution < -0.4 is 5.32 Å². The first-order valence-corrected chi connectivity index (χ1v) is 3.49. The normalized spacial score (nSPS) is 32.1. The fourth-order valence-electron chi connectivity index (χ4n) is 0.996. The zero-order chi connectivity index (χ0) is 7.56. The van der Waals surface area contributed by atoms with Gasteiger partial charge in [0.15, 0.2) is 0 Å². The minimum atomic E-state index is 0.220. The van der Waals surface area contributed by atoms with Crippen LogP contribution in [0.2, 0.25) is 0 Å². The molecule has 1 rings (SSSR count). The Balaban J connectivity index is 2.68. The van der Waals surface area contributed by atoms with Crippen molar-refractivity contribution in [3.05, 3.63) is 0 Å². The van der Waals surface area contributed by atoms with Gasteiger partial charge in [-0.15, -0.1) is 0 Å². The molecule has 0 aliphatic carbocycles. The minimum absolute atomic E-state index is 0.220. The summed E-state index contributed by atoms with van der Waals surface area (Å²) in [5, 5.41) is 3.11. The molecule has 3 nitrogen and oxygen atoms in total. The van der Waals surface area contributed by atoms with Crippen LogP contribution in [0.1, 0.15) is 13.8 Å². The molecule has 2 atom stereocenters. The summed E-state index contributed by atoms with van der Waals surface area (Å²) in [4.78, 5) is 8.25. The van der Waals surface area contributed by atoms with E-state index in [9.17, 15) is 0 Å². The molecule has 2 unspecified atom stereocenters. The summed E-state index contributed by atoms with van der Waals surface area (Å²) < 4.78 is 0. The molecule has 0 fully saturated rings. The van der Waals surface area contributed by atoms with E-state index in [2.05, 4.69) is 22.2 Å². The summed E-state index contributed by atoms with van der Waals surface area (Å²) in [5.41, 5.74) is 1.15. The maximum absolute atomic E-state index is 4.16. The summed E-state index contributed by atoms with van der Waals surface area (Å²) in [6, 6.07) is 0. The second-order valence-corrected chi connectivity index (χ2v) is 2.56. The quantitative estimate of drug-likeness (QED) is 0.569. The van der Waals surface area contributed by atoms with E-state index >= 15 is 0 Å². The van der Waals surface area contributed by atoms with E-state index in [1.165, 1.54) is 0 Å². The highest BCUT2D eigenvalue weighted by atomic mass is 15.1. The number of aliphatic imine (C=N–C) groups is 2. The Bertz CT molecular complexity index is 172. The first-order valence-electron chi connectivity index (χ1n) is 3.49. The summed E-state index contributed by atoms with van der Waals surface area (Å²) in [6.07, 6.45) is 1.84. The van der Waals surface area contributed by atoms with E-state index in [1.807, 2.05) is 14.0 Å². The number of hydrogen-bond donors (Lipinski definition) is 1. The van der Waals surface area contributed by atoms with Crippen LogP contribution in [0.15, 0.2) is 9.98 Å². The van der Waals surface area contributed by atoms with Crippen molar-refractivity contribution in [2.45, 2.75) is 20.0 Å². The van der Waals surface area contributed by atoms with Crippen LogP contribution in [0.25, 0.3) is 0 Å². The van der Waals surface area contributed by atoms with Crippen LogP contribution in [-0.4, -0.2) is 25.3 Å². The topological polar surface area (TPSA) is 36.8 Å². The van der Waals surface area contributed by atoms with Gasteiger partial charge in [-0.3, -0.25) is 10.3 Å². The SMILES string of the molecule is CNC1N=CN=C(C)C1C. The van der Waals surface area contributed by atoms with Crippen LogP contribution in [0.3, 0.4) is 0 Å². The third-order valence-electron chi connectivity index (χ3n) is 1.92. The van der Waals surface area contributed by atoms with Gasteiger partial charge in [0.05, 0.1) is 0 Å². The lowest BCUT2D eigenvalue weighted by molar-refractivity contribution is 0.497. The van der Waals surface area contributed by atoms with Gasteiger partial charge in [-0.25, -0.2) is 4.99 Å². The number of rotatable bonds is 1. The Morgan fingerprint density at radius 2 is 2.30 bits per heavy atom. The molecule has 0 saturated heterocycles. The molecule has 56 valence electrons. The zero-order valence-corrected chi connectivity index (χ0v) is 6.63. The lowest BCUT2D eigenvalue weighted by Gasteiger charge is -2.21. The molecule has 10 heavy (non-hydrogen) atoms. The predicted octanol–water partition coefficient (Wildman–Crippen LogP) is 0.671. The van der Waals surface area contributed by atoms with Crippen LogP contribution in [0.4, 0.5) is 0 Å². The molecule has 0 bridgehead atoms. The Morgan fingerprint density at radius 1 is 1.60 bits per heavy atom. The Labute approximate surface area is 61.3 Å². The van der Waals surface area contributed by atoms with Gasteiger partial charge in [0.25, 0.3) is 0 Å². The third-order valence-corrected chi connectivity index (χ3v) is 1.92. The molecule has 0 radical (unpaired) electrons. The standard InChI is InChI=1S/C7H13N3/c1-5-6(2)9-4-10-7(5)8-3/h4-5,7-8H,1-3H3. The van der Waals surface area contributed by atoms with E-state index in [0.29, 0.717) is 5.92 Å². The number of nitrogens with one attached hydrogen (secondary N) is 1. The molecule has 1 N–H and O–H groups in total. The highest BCUT2D eigenvalue weighted by Crippen LogP contribution is 2.09. The van der Waals surface area contributed by atoms with E-state index in [0.717, 1.165) is 5.71 Å². The molecule has 0 spiro atoms. The minimum Gasteiger partial charge on any atom is -0.298 e. The lowest BCUT2D eigenvalue weighted by atomic mass is 10.0. The van der Waals surface area contributed by atoms with Crippen LogP contribution in [0.5, 0.6) is 0 Å². The van der Waals surface area contributed by atoms with Crippen molar-refractivity contribution in [3.8, 4) is 0 Å². The maximum Gasteiger partial charge on any atom is 0.111 e. The Hall–Kier alpha value is -0.700. The van der Waals surface area contributed by atoms with Crippen LogP contribution in [-0.2, 0) is 0 Å². The molecule has 0 aromatic heterocycles. The molecule has 0 aromatic rings. The average Bonchev–Trinajstić information content (AvgIpc) is 1.95. The average molecular weight is 139 g/mol. The van der Waals surface area contributed by atoms with Crippen LogP contribution >= 0.6 is 0 Å². The molecule has 1 heterocycles. The smallest absolute Gasteiger partial charge is 0.111 e. The van der Waals surface area contributed by atoms with Crippen LogP contribution in [0, 0.1) is 5.92 Å².